The van der Waals surface area contributed by atoms with Crippen LogP contribution in [-0.4, -0.2) is 25.3 Å². The average Bonchev–Trinajstić information content (AvgIpc) is 1.70. The van der Waals surface area contributed by atoms with E-state index in [-0.39, 0.29) is 0 Å². The first kappa shape index (κ1) is 16.2. The maximum atomic E-state index is 11.8. The van der Waals surface area contributed by atoms with E-state index in [1.54, 1.807) is 0 Å². The molecular formula is F3IO9S3. The van der Waals surface area contributed by atoms with Gasteiger partial charge in [0, 0.05) is 0 Å². The van der Waals surface area contributed by atoms with Crippen LogP contribution in [0.25, 0.3) is 0 Å². The molecule has 0 aromatic carbocycles. The van der Waals surface area contributed by atoms with Crippen molar-refractivity contribution in [3.05, 3.63) is 0 Å². The molecule has 16 heteroatoms. The Morgan fingerprint density at radius 1 is 0.625 bits per heavy atom. The molecule has 0 N–H and O–H groups in total. The molecule has 0 amide bonds. The van der Waals surface area contributed by atoms with Gasteiger partial charge in [-0.2, -0.15) is 0 Å². The summed E-state index contributed by atoms with van der Waals surface area (Å²) >= 11 is -5.19. The SMILES string of the molecule is O=S(=O)(F)OI(OS(=O)(=O)F)OS(=O)(=O)F. The third-order valence-corrected chi connectivity index (χ3v) is 7.65. The molecule has 0 saturated carbocycles. The molecule has 0 heterocycles. The molecule has 0 spiro atoms. The fourth-order valence-electron chi connectivity index (χ4n) is 0.216. The predicted octanol–water partition coefficient (Wildman–Crippen LogP) is -0.0695. The number of hydrogen-bond donors (Lipinski definition) is 0. The fraction of sp³-hybridized carbons (Fsp3) is 0. The van der Waals surface area contributed by atoms with Crippen LogP contribution in [0.3, 0.4) is 0 Å². The first-order chi connectivity index (χ1) is 6.79. The molecule has 0 aliphatic heterocycles. The molecule has 0 aromatic rings. The Morgan fingerprint density at radius 2 is 0.812 bits per heavy atom. The van der Waals surface area contributed by atoms with Crippen LogP contribution in [0.1, 0.15) is 0 Å². The Hall–Kier alpha value is 0.250. The number of rotatable bonds is 6. The van der Waals surface area contributed by atoms with Gasteiger partial charge in [-0.25, -0.2) is 0 Å². The van der Waals surface area contributed by atoms with Gasteiger partial charge in [-0.05, 0) is 0 Å². The molecule has 0 fully saturated rings. The van der Waals surface area contributed by atoms with E-state index in [1.807, 2.05) is 0 Å². The number of halogens is 4. The molecule has 0 rings (SSSR count). The molecule has 100 valence electrons. The van der Waals surface area contributed by atoms with Crippen LogP contribution in [-0.2, 0) is 39.0 Å². The van der Waals surface area contributed by atoms with Gasteiger partial charge in [-0.1, -0.05) is 0 Å². The first-order valence-electron chi connectivity index (χ1n) is 2.43. The average molecular weight is 424 g/mol. The Kier molecular flexibility index (Phi) is 5.35. The van der Waals surface area contributed by atoms with Crippen molar-refractivity contribution in [3.8, 4) is 0 Å². The van der Waals surface area contributed by atoms with E-state index in [1.165, 1.54) is 0 Å². The summed E-state index contributed by atoms with van der Waals surface area (Å²) < 4.78 is 103. The molecule has 9 nitrogen and oxygen atoms in total. The molecule has 0 atom stereocenters. The molecule has 0 bridgehead atoms. The maximum absolute atomic E-state index is 11.8. The second kappa shape index (κ2) is 5.27. The van der Waals surface area contributed by atoms with E-state index in [4.69, 9.17) is 0 Å². The molecular weight excluding hydrogens is 424 g/mol. The van der Waals surface area contributed by atoms with E-state index < -0.39 is 52.6 Å². The van der Waals surface area contributed by atoms with E-state index in [2.05, 4.69) is 7.54 Å². The minimum atomic E-state index is -5.91. The molecule has 16 heavy (non-hydrogen) atoms. The zero-order valence-corrected chi connectivity index (χ0v) is 11.0. The summed E-state index contributed by atoms with van der Waals surface area (Å²) in [6.07, 6.45) is 0. The predicted molar refractivity (Wildman–Crippen MR) is 47.4 cm³/mol. The summed E-state index contributed by atoms with van der Waals surface area (Å²) in [4.78, 5) is 0. The van der Waals surface area contributed by atoms with E-state index >= 15 is 0 Å². The van der Waals surface area contributed by atoms with Crippen LogP contribution in [0, 0.1) is 0 Å². The van der Waals surface area contributed by atoms with Crippen molar-refractivity contribution in [1.29, 1.82) is 0 Å². The van der Waals surface area contributed by atoms with Crippen molar-refractivity contribution < 1.29 is 44.4 Å². The summed E-state index contributed by atoms with van der Waals surface area (Å²) in [6, 6.07) is 0. The van der Waals surface area contributed by atoms with Crippen molar-refractivity contribution in [2.45, 2.75) is 0 Å². The summed E-state index contributed by atoms with van der Waals surface area (Å²) in [7, 11) is -17.7. The molecule has 0 unspecified atom stereocenters. The standard InChI is InChI=1S/F3IO9S3/c1-14(5,6)11-4(12-15(2,7)8)13-16(3,9)10. The van der Waals surface area contributed by atoms with Crippen molar-refractivity contribution >= 4 is 52.6 Å². The van der Waals surface area contributed by atoms with Gasteiger partial charge in [0.1, 0.15) is 0 Å². The van der Waals surface area contributed by atoms with Crippen molar-refractivity contribution in [1.82, 2.24) is 0 Å². The molecule has 0 saturated heterocycles. The van der Waals surface area contributed by atoms with Gasteiger partial charge in [0.25, 0.3) is 0 Å². The van der Waals surface area contributed by atoms with Crippen LogP contribution in [0.4, 0.5) is 11.7 Å². The monoisotopic (exact) mass is 424 g/mol. The topological polar surface area (TPSA) is 130 Å². The molecule has 0 aliphatic rings. The van der Waals surface area contributed by atoms with Gasteiger partial charge >= 0.3 is 97.0 Å². The van der Waals surface area contributed by atoms with E-state index in [0.717, 1.165) is 0 Å². The van der Waals surface area contributed by atoms with Gasteiger partial charge in [-0.15, -0.1) is 0 Å². The second-order valence-corrected chi connectivity index (χ2v) is 8.61. The molecule has 0 aliphatic carbocycles. The minimum absolute atomic E-state index is 2.97. The Labute approximate surface area is 96.8 Å². The van der Waals surface area contributed by atoms with Gasteiger partial charge in [0.2, 0.25) is 0 Å². The van der Waals surface area contributed by atoms with Crippen LogP contribution >= 0.6 is 21.1 Å². The molecule has 0 radical (unpaired) electrons. The van der Waals surface area contributed by atoms with Crippen LogP contribution in [0.15, 0.2) is 0 Å². The van der Waals surface area contributed by atoms with Crippen molar-refractivity contribution in [3.63, 3.8) is 0 Å². The summed E-state index contributed by atoms with van der Waals surface area (Å²) in [5.74, 6) is 0. The zero-order chi connectivity index (χ0) is 13.2. The van der Waals surface area contributed by atoms with Gasteiger partial charge in [0.15, 0.2) is 0 Å². The van der Waals surface area contributed by atoms with Crippen LogP contribution in [0.5, 0.6) is 0 Å². The van der Waals surface area contributed by atoms with Gasteiger partial charge in [-0.3, -0.25) is 0 Å². The number of hydrogen-bond acceptors (Lipinski definition) is 9. The van der Waals surface area contributed by atoms with Crippen molar-refractivity contribution in [2.24, 2.45) is 0 Å². The quantitative estimate of drug-likeness (QED) is 0.425. The normalized spacial score (nSPS) is 14.8. The zero-order valence-electron chi connectivity index (χ0n) is 6.41. The van der Waals surface area contributed by atoms with Gasteiger partial charge in [0.05, 0.1) is 0 Å². The van der Waals surface area contributed by atoms with E-state index in [0.29, 0.717) is 0 Å². The van der Waals surface area contributed by atoms with Crippen LogP contribution < -0.4 is 0 Å². The summed E-state index contributed by atoms with van der Waals surface area (Å²) in [6.45, 7) is 0. The summed E-state index contributed by atoms with van der Waals surface area (Å²) in [5, 5.41) is 0. The Morgan fingerprint density at radius 3 is 0.938 bits per heavy atom. The van der Waals surface area contributed by atoms with Crippen LogP contribution in [0.2, 0.25) is 0 Å². The molecule has 0 aromatic heterocycles. The van der Waals surface area contributed by atoms with E-state index in [9.17, 15) is 36.9 Å². The third-order valence-electron chi connectivity index (χ3n) is 0.380. The van der Waals surface area contributed by atoms with Gasteiger partial charge < -0.3 is 0 Å². The second-order valence-electron chi connectivity index (χ2n) is 1.56. The third kappa shape index (κ3) is 10.8. The summed E-state index contributed by atoms with van der Waals surface area (Å²) in [5.41, 5.74) is 0. The Bertz CT molecular complexity index is 446. The van der Waals surface area contributed by atoms with Crippen molar-refractivity contribution in [2.75, 3.05) is 0 Å². The Balaban J connectivity index is 4.93. The first-order valence-corrected chi connectivity index (χ1v) is 8.99. The fourth-order valence-corrected chi connectivity index (χ4v) is 5.61.